The Bertz CT molecular complexity index is 586. The van der Waals surface area contributed by atoms with Gasteiger partial charge in [0, 0.05) is 11.0 Å². The summed E-state index contributed by atoms with van der Waals surface area (Å²) in [6.07, 6.45) is 1.68. The van der Waals surface area contributed by atoms with Crippen molar-refractivity contribution in [1.29, 1.82) is 0 Å². The summed E-state index contributed by atoms with van der Waals surface area (Å²) in [5.41, 5.74) is 3.07. The van der Waals surface area contributed by atoms with Gasteiger partial charge in [-0.05, 0) is 24.0 Å². The molecule has 18 heavy (non-hydrogen) atoms. The molecule has 0 aliphatic heterocycles. The van der Waals surface area contributed by atoms with Gasteiger partial charge in [-0.3, -0.25) is 4.79 Å². The van der Waals surface area contributed by atoms with Gasteiger partial charge in [0.25, 0.3) is 0 Å². The van der Waals surface area contributed by atoms with Crippen LogP contribution in [0.2, 0.25) is 0 Å². The van der Waals surface area contributed by atoms with E-state index < -0.39 is 0 Å². The number of carbonyl (C=O) groups excluding carboxylic acids is 1. The molecule has 0 aromatic heterocycles. The fraction of sp³-hybridized carbons (Fsp3) is 0.235. The number of fused-ring (bicyclic) bond motifs is 1. The molecule has 1 aliphatic carbocycles. The highest BCUT2D eigenvalue weighted by atomic mass is 16.1. The molecule has 1 heteroatoms. The van der Waals surface area contributed by atoms with E-state index in [1.807, 2.05) is 36.4 Å². The van der Waals surface area contributed by atoms with Crippen LogP contribution in [0, 0.1) is 5.41 Å². The van der Waals surface area contributed by atoms with Gasteiger partial charge in [-0.15, -0.1) is 0 Å². The Labute approximate surface area is 107 Å². The predicted molar refractivity (Wildman–Crippen MR) is 72.7 cm³/mol. The molecule has 3 rings (SSSR count). The van der Waals surface area contributed by atoms with Crippen LogP contribution in [0.4, 0.5) is 0 Å². The number of hydrogen-bond acceptors (Lipinski definition) is 1. The summed E-state index contributed by atoms with van der Waals surface area (Å²) in [7, 11) is 0. The van der Waals surface area contributed by atoms with Crippen molar-refractivity contribution in [1.82, 2.24) is 0 Å². The molecule has 2 aromatic rings. The highest BCUT2D eigenvalue weighted by Crippen LogP contribution is 2.38. The molecule has 1 aliphatic rings. The Kier molecular flexibility index (Phi) is 2.55. The zero-order chi connectivity index (χ0) is 12.6. The maximum absolute atomic E-state index is 12.5. The van der Waals surface area contributed by atoms with Gasteiger partial charge >= 0.3 is 0 Å². The zero-order valence-electron chi connectivity index (χ0n) is 10.5. The van der Waals surface area contributed by atoms with Gasteiger partial charge in [0.05, 0.1) is 0 Å². The molecule has 0 unspecified atom stereocenters. The average Bonchev–Trinajstić information content (AvgIpc) is 2.63. The molecule has 90 valence electrons. The molecule has 1 atom stereocenters. The molecule has 0 fully saturated rings. The molecule has 0 spiro atoms. The normalized spacial score (nSPS) is 21.9. The van der Waals surface area contributed by atoms with Crippen molar-refractivity contribution in [2.45, 2.75) is 19.8 Å². The molecule has 0 amide bonds. The largest absolute Gasteiger partial charge is 0.294 e. The van der Waals surface area contributed by atoms with Crippen molar-refractivity contribution >= 4 is 5.78 Å². The first kappa shape index (κ1) is 11.2. The third-order valence-corrected chi connectivity index (χ3v) is 3.83. The fourth-order valence-electron chi connectivity index (χ4n) is 2.91. The van der Waals surface area contributed by atoms with Crippen molar-refractivity contribution in [3.05, 3.63) is 71.3 Å². The van der Waals surface area contributed by atoms with Crippen molar-refractivity contribution in [2.24, 2.45) is 5.41 Å². The topological polar surface area (TPSA) is 17.1 Å². The minimum absolute atomic E-state index is 0.273. The van der Waals surface area contributed by atoms with Gasteiger partial charge in [-0.25, -0.2) is 0 Å². The highest BCUT2D eigenvalue weighted by molar-refractivity contribution is 6.04. The van der Waals surface area contributed by atoms with Crippen LogP contribution in [0.15, 0.2) is 54.6 Å². The van der Waals surface area contributed by atoms with Crippen LogP contribution in [0.1, 0.15) is 28.4 Å². The van der Waals surface area contributed by atoms with Gasteiger partial charge in [0.1, 0.15) is 0 Å². The molecule has 0 radical (unpaired) electrons. The molecule has 0 saturated carbocycles. The Balaban J connectivity index is 1.93. The third kappa shape index (κ3) is 1.76. The Morgan fingerprint density at radius 2 is 1.67 bits per heavy atom. The molecule has 0 saturated heterocycles. The van der Waals surface area contributed by atoms with Crippen molar-refractivity contribution in [3.8, 4) is 0 Å². The average molecular weight is 236 g/mol. The second kappa shape index (κ2) is 4.09. The molecular weight excluding hydrogens is 220 g/mol. The van der Waals surface area contributed by atoms with Crippen LogP contribution in [-0.4, -0.2) is 5.78 Å². The maximum atomic E-state index is 12.5. The SMILES string of the molecule is C[C@@]1(Cc2ccccc2)Cc2ccccc2C1=O. The predicted octanol–water partition coefficient (Wildman–Crippen LogP) is 3.67. The summed E-state index contributed by atoms with van der Waals surface area (Å²) in [6, 6.07) is 18.3. The van der Waals surface area contributed by atoms with Crippen molar-refractivity contribution in [2.75, 3.05) is 0 Å². The Hall–Kier alpha value is -1.89. The Morgan fingerprint density at radius 1 is 1.00 bits per heavy atom. The molecule has 0 N–H and O–H groups in total. The van der Waals surface area contributed by atoms with Crippen molar-refractivity contribution in [3.63, 3.8) is 0 Å². The molecule has 2 aromatic carbocycles. The minimum atomic E-state index is -0.273. The fourth-order valence-corrected chi connectivity index (χ4v) is 2.91. The summed E-state index contributed by atoms with van der Waals surface area (Å²) in [5.74, 6) is 0.293. The molecule has 1 nitrogen and oxygen atoms in total. The van der Waals surface area contributed by atoms with Crippen LogP contribution in [-0.2, 0) is 12.8 Å². The van der Waals surface area contributed by atoms with Crippen LogP contribution in [0.5, 0.6) is 0 Å². The third-order valence-electron chi connectivity index (χ3n) is 3.83. The van der Waals surface area contributed by atoms with E-state index in [1.54, 1.807) is 0 Å². The Morgan fingerprint density at radius 3 is 2.39 bits per heavy atom. The first-order valence-corrected chi connectivity index (χ1v) is 6.36. The number of rotatable bonds is 2. The van der Waals surface area contributed by atoms with E-state index in [4.69, 9.17) is 0 Å². The van der Waals surface area contributed by atoms with E-state index in [-0.39, 0.29) is 5.41 Å². The minimum Gasteiger partial charge on any atom is -0.294 e. The summed E-state index contributed by atoms with van der Waals surface area (Å²) >= 11 is 0. The number of carbonyl (C=O) groups is 1. The smallest absolute Gasteiger partial charge is 0.169 e. The highest BCUT2D eigenvalue weighted by Gasteiger charge is 2.40. The van der Waals surface area contributed by atoms with Gasteiger partial charge in [-0.1, -0.05) is 61.5 Å². The van der Waals surface area contributed by atoms with Crippen LogP contribution in [0.3, 0.4) is 0 Å². The lowest BCUT2D eigenvalue weighted by molar-refractivity contribution is 0.0842. The summed E-state index contributed by atoms with van der Waals surface area (Å²) < 4.78 is 0. The quantitative estimate of drug-likeness (QED) is 0.777. The monoisotopic (exact) mass is 236 g/mol. The molecule has 0 heterocycles. The van der Waals surface area contributed by atoms with Gasteiger partial charge in [0.2, 0.25) is 0 Å². The first-order chi connectivity index (χ1) is 8.69. The van der Waals surface area contributed by atoms with Gasteiger partial charge < -0.3 is 0 Å². The standard InChI is InChI=1S/C17H16O/c1-17(11-13-7-3-2-4-8-13)12-14-9-5-6-10-15(14)16(17)18/h2-10H,11-12H2,1H3/t17-/m1/s1. The lowest BCUT2D eigenvalue weighted by atomic mass is 9.80. The lowest BCUT2D eigenvalue weighted by Crippen LogP contribution is -2.26. The second-order valence-corrected chi connectivity index (χ2v) is 5.39. The van der Waals surface area contributed by atoms with Crippen LogP contribution >= 0.6 is 0 Å². The first-order valence-electron chi connectivity index (χ1n) is 6.36. The number of ketones is 1. The van der Waals surface area contributed by atoms with E-state index in [2.05, 4.69) is 25.1 Å². The van der Waals surface area contributed by atoms with E-state index >= 15 is 0 Å². The maximum Gasteiger partial charge on any atom is 0.169 e. The van der Waals surface area contributed by atoms with E-state index in [0.717, 1.165) is 18.4 Å². The van der Waals surface area contributed by atoms with Gasteiger partial charge in [0.15, 0.2) is 5.78 Å². The van der Waals surface area contributed by atoms with Gasteiger partial charge in [-0.2, -0.15) is 0 Å². The van der Waals surface area contributed by atoms with Crippen LogP contribution < -0.4 is 0 Å². The number of benzene rings is 2. The second-order valence-electron chi connectivity index (χ2n) is 5.39. The number of hydrogen-bond donors (Lipinski definition) is 0. The summed E-state index contributed by atoms with van der Waals surface area (Å²) in [6.45, 7) is 2.09. The van der Waals surface area contributed by atoms with E-state index in [1.165, 1.54) is 11.1 Å². The molecular formula is C17H16O. The van der Waals surface area contributed by atoms with E-state index in [0.29, 0.717) is 5.78 Å². The lowest BCUT2D eigenvalue weighted by Gasteiger charge is -2.21. The van der Waals surface area contributed by atoms with E-state index in [9.17, 15) is 4.79 Å². The van der Waals surface area contributed by atoms with Crippen LogP contribution in [0.25, 0.3) is 0 Å². The summed E-state index contributed by atoms with van der Waals surface area (Å²) in [5, 5.41) is 0. The van der Waals surface area contributed by atoms with Crippen molar-refractivity contribution < 1.29 is 4.79 Å². The number of Topliss-reactive ketones (excluding diaryl/α,β-unsaturated/α-hetero) is 1. The molecule has 0 bridgehead atoms. The summed E-state index contributed by atoms with van der Waals surface area (Å²) in [4.78, 5) is 12.5. The zero-order valence-corrected chi connectivity index (χ0v) is 10.5.